The maximum Gasteiger partial charge on any atom is 0.263 e. The number of carbonyl (C=O) groups excluding carboxylic acids is 1. The van der Waals surface area contributed by atoms with Crippen molar-refractivity contribution in [1.82, 2.24) is 15.2 Å². The van der Waals surface area contributed by atoms with Gasteiger partial charge in [0.2, 0.25) is 0 Å². The molecule has 7 heteroatoms. The van der Waals surface area contributed by atoms with Crippen molar-refractivity contribution in [3.05, 3.63) is 28.8 Å². The van der Waals surface area contributed by atoms with Crippen molar-refractivity contribution in [3.8, 4) is 22.1 Å². The summed E-state index contributed by atoms with van der Waals surface area (Å²) in [7, 11) is 3.22. The molecule has 6 nitrogen and oxygen atoms in total. The second-order valence-electron chi connectivity index (χ2n) is 7.33. The minimum absolute atomic E-state index is 0.0463. The highest BCUT2D eigenvalue weighted by atomic mass is 32.1. The third-order valence-electron chi connectivity index (χ3n) is 5.01. The van der Waals surface area contributed by atoms with Gasteiger partial charge in [0.1, 0.15) is 9.88 Å². The molecule has 1 N–H and O–H groups in total. The summed E-state index contributed by atoms with van der Waals surface area (Å²) in [5.74, 6) is 1.70. The fourth-order valence-electron chi connectivity index (χ4n) is 3.52. The fraction of sp³-hybridized carbons (Fsp3) is 0.524. The molecule has 1 unspecified atom stereocenters. The number of hydrogen-bond donors (Lipinski definition) is 1. The SMILES string of the molecule is COc1ccc(-c2nc(C)c(C(=O)NCC(C)CN3CCCC3)s2)cc1OC. The molecule has 2 aromatic rings. The number of methoxy groups -OCH3 is 2. The summed E-state index contributed by atoms with van der Waals surface area (Å²) in [6.07, 6.45) is 2.58. The van der Waals surface area contributed by atoms with E-state index in [1.165, 1.54) is 37.3 Å². The molecule has 1 aliphatic heterocycles. The Morgan fingerprint density at radius 3 is 2.64 bits per heavy atom. The predicted octanol–water partition coefficient (Wildman–Crippen LogP) is 3.60. The van der Waals surface area contributed by atoms with Crippen molar-refractivity contribution in [1.29, 1.82) is 0 Å². The van der Waals surface area contributed by atoms with Crippen molar-refractivity contribution in [3.63, 3.8) is 0 Å². The van der Waals surface area contributed by atoms with E-state index < -0.39 is 0 Å². The first-order valence-electron chi connectivity index (χ1n) is 9.72. The first-order valence-corrected chi connectivity index (χ1v) is 10.5. The molecule has 1 saturated heterocycles. The van der Waals surface area contributed by atoms with E-state index in [1.807, 2.05) is 25.1 Å². The van der Waals surface area contributed by atoms with E-state index in [9.17, 15) is 4.79 Å². The number of hydrogen-bond acceptors (Lipinski definition) is 6. The van der Waals surface area contributed by atoms with Crippen LogP contribution < -0.4 is 14.8 Å². The first-order chi connectivity index (χ1) is 13.5. The number of nitrogens with one attached hydrogen (secondary N) is 1. The van der Waals surface area contributed by atoms with Crippen LogP contribution in [0.5, 0.6) is 11.5 Å². The normalized spacial score (nSPS) is 15.4. The second-order valence-corrected chi connectivity index (χ2v) is 8.33. The number of likely N-dealkylation sites (tertiary alicyclic amines) is 1. The topological polar surface area (TPSA) is 63.7 Å². The van der Waals surface area contributed by atoms with Crippen LogP contribution in [0.15, 0.2) is 18.2 Å². The van der Waals surface area contributed by atoms with Crippen molar-refractivity contribution in [2.24, 2.45) is 5.92 Å². The Morgan fingerprint density at radius 1 is 1.25 bits per heavy atom. The van der Waals surface area contributed by atoms with Gasteiger partial charge in [0, 0.05) is 18.7 Å². The van der Waals surface area contributed by atoms with E-state index >= 15 is 0 Å². The lowest BCUT2D eigenvalue weighted by Crippen LogP contribution is -2.34. The fourth-order valence-corrected chi connectivity index (χ4v) is 4.50. The zero-order chi connectivity index (χ0) is 20.1. The van der Waals surface area contributed by atoms with Gasteiger partial charge in [-0.1, -0.05) is 6.92 Å². The highest BCUT2D eigenvalue weighted by Gasteiger charge is 2.19. The molecule has 2 heterocycles. The van der Waals surface area contributed by atoms with Crippen LogP contribution in [0.1, 0.15) is 35.1 Å². The molecule has 1 amide bonds. The molecule has 0 radical (unpaired) electrons. The molecule has 28 heavy (non-hydrogen) atoms. The molecule has 0 bridgehead atoms. The highest BCUT2D eigenvalue weighted by Crippen LogP contribution is 2.34. The van der Waals surface area contributed by atoms with Crippen LogP contribution in [0.4, 0.5) is 0 Å². The van der Waals surface area contributed by atoms with Crippen LogP contribution in [0.2, 0.25) is 0 Å². The molecule has 0 saturated carbocycles. The summed E-state index contributed by atoms with van der Waals surface area (Å²) in [5.41, 5.74) is 1.66. The van der Waals surface area contributed by atoms with Crippen molar-refractivity contribution >= 4 is 17.2 Å². The third kappa shape index (κ3) is 4.83. The summed E-state index contributed by atoms with van der Waals surface area (Å²) < 4.78 is 10.7. The van der Waals surface area contributed by atoms with Gasteiger partial charge in [-0.05, 0) is 57.0 Å². The van der Waals surface area contributed by atoms with E-state index in [4.69, 9.17) is 9.47 Å². The number of ether oxygens (including phenoxy) is 2. The average molecular weight is 404 g/mol. The predicted molar refractivity (Wildman–Crippen MR) is 113 cm³/mol. The van der Waals surface area contributed by atoms with Gasteiger partial charge >= 0.3 is 0 Å². The van der Waals surface area contributed by atoms with Gasteiger partial charge in [-0.3, -0.25) is 4.79 Å². The quantitative estimate of drug-likeness (QED) is 0.730. The Morgan fingerprint density at radius 2 is 1.96 bits per heavy atom. The molecular weight excluding hydrogens is 374 g/mol. The maximum absolute atomic E-state index is 12.7. The zero-order valence-corrected chi connectivity index (χ0v) is 17.9. The number of carbonyl (C=O) groups is 1. The summed E-state index contributed by atoms with van der Waals surface area (Å²) in [6.45, 7) is 8.15. The number of amides is 1. The van der Waals surface area contributed by atoms with E-state index in [0.29, 0.717) is 28.8 Å². The van der Waals surface area contributed by atoms with Crippen LogP contribution in [-0.2, 0) is 0 Å². The monoisotopic (exact) mass is 403 g/mol. The summed E-state index contributed by atoms with van der Waals surface area (Å²) in [6, 6.07) is 5.67. The number of thiazole rings is 1. The van der Waals surface area contributed by atoms with Gasteiger partial charge in [0.15, 0.2) is 11.5 Å². The Balaban J connectivity index is 1.65. The number of nitrogens with zero attached hydrogens (tertiary/aromatic N) is 2. The van der Waals surface area contributed by atoms with Gasteiger partial charge in [-0.2, -0.15) is 0 Å². The standard InChI is InChI=1S/C21H29N3O3S/c1-14(13-24-9-5-6-10-24)12-22-20(25)19-15(2)23-21(28-19)16-7-8-17(26-3)18(11-16)27-4/h7-8,11,14H,5-6,9-10,12-13H2,1-4H3,(H,22,25). The van der Waals surface area contributed by atoms with Crippen molar-refractivity contribution in [2.75, 3.05) is 40.4 Å². The Kier molecular flexibility index (Phi) is 6.91. The average Bonchev–Trinajstić information content (AvgIpc) is 3.35. The smallest absolute Gasteiger partial charge is 0.263 e. The minimum atomic E-state index is -0.0463. The molecule has 0 spiro atoms. The lowest BCUT2D eigenvalue weighted by Gasteiger charge is -2.20. The van der Waals surface area contributed by atoms with Gasteiger partial charge in [-0.25, -0.2) is 4.98 Å². The Labute approximate surface area is 170 Å². The van der Waals surface area contributed by atoms with Crippen molar-refractivity contribution in [2.45, 2.75) is 26.7 Å². The van der Waals surface area contributed by atoms with Crippen LogP contribution in [0, 0.1) is 12.8 Å². The number of aryl methyl sites for hydroxylation is 1. The van der Waals surface area contributed by atoms with E-state index in [-0.39, 0.29) is 5.91 Å². The molecule has 1 fully saturated rings. The molecule has 1 atom stereocenters. The number of rotatable bonds is 8. The molecular formula is C21H29N3O3S. The van der Waals surface area contributed by atoms with E-state index in [1.54, 1.807) is 14.2 Å². The third-order valence-corrected chi connectivity index (χ3v) is 6.22. The summed E-state index contributed by atoms with van der Waals surface area (Å²) in [5, 5.41) is 3.88. The zero-order valence-electron chi connectivity index (χ0n) is 17.1. The van der Waals surface area contributed by atoms with Crippen LogP contribution >= 0.6 is 11.3 Å². The lowest BCUT2D eigenvalue weighted by atomic mass is 10.1. The molecule has 1 aromatic carbocycles. The van der Waals surface area contributed by atoms with Crippen LogP contribution in [0.3, 0.4) is 0 Å². The Bertz CT molecular complexity index is 815. The van der Waals surface area contributed by atoms with Crippen LogP contribution in [-0.4, -0.2) is 56.2 Å². The van der Waals surface area contributed by atoms with E-state index in [2.05, 4.69) is 22.1 Å². The largest absolute Gasteiger partial charge is 0.493 e. The van der Waals surface area contributed by atoms with Crippen LogP contribution in [0.25, 0.3) is 10.6 Å². The molecule has 1 aromatic heterocycles. The molecule has 0 aliphatic carbocycles. The Hall–Kier alpha value is -2.12. The molecule has 3 rings (SSSR count). The van der Waals surface area contributed by atoms with Gasteiger partial charge in [0.25, 0.3) is 5.91 Å². The number of benzene rings is 1. The highest BCUT2D eigenvalue weighted by molar-refractivity contribution is 7.17. The number of aromatic nitrogens is 1. The van der Waals surface area contributed by atoms with Crippen molar-refractivity contribution < 1.29 is 14.3 Å². The van der Waals surface area contributed by atoms with Gasteiger partial charge in [0.05, 0.1) is 19.9 Å². The molecule has 1 aliphatic rings. The first kappa shape index (κ1) is 20.6. The summed E-state index contributed by atoms with van der Waals surface area (Å²) in [4.78, 5) is 20.4. The minimum Gasteiger partial charge on any atom is -0.493 e. The summed E-state index contributed by atoms with van der Waals surface area (Å²) >= 11 is 1.41. The van der Waals surface area contributed by atoms with Gasteiger partial charge in [-0.15, -0.1) is 11.3 Å². The van der Waals surface area contributed by atoms with E-state index in [0.717, 1.165) is 22.8 Å². The lowest BCUT2D eigenvalue weighted by molar-refractivity contribution is 0.0948. The van der Waals surface area contributed by atoms with Gasteiger partial charge < -0.3 is 19.7 Å². The maximum atomic E-state index is 12.7. The molecule has 152 valence electrons. The second kappa shape index (κ2) is 9.39.